The summed E-state index contributed by atoms with van der Waals surface area (Å²) in [5, 5.41) is 0. The predicted octanol–water partition coefficient (Wildman–Crippen LogP) is 3.83. The summed E-state index contributed by atoms with van der Waals surface area (Å²) in [6.45, 7) is 6.75. The minimum absolute atomic E-state index is 0.0427. The normalized spacial score (nSPS) is 31.1. The van der Waals surface area contributed by atoms with E-state index >= 15 is 4.39 Å². The van der Waals surface area contributed by atoms with Gasteiger partial charge in [-0.3, -0.25) is 0 Å². The van der Waals surface area contributed by atoms with Gasteiger partial charge in [0.1, 0.15) is 5.67 Å². The van der Waals surface area contributed by atoms with Crippen molar-refractivity contribution in [3.63, 3.8) is 0 Å². The zero-order chi connectivity index (χ0) is 14.1. The molecule has 1 saturated heterocycles. The second-order valence-corrected chi connectivity index (χ2v) is 7.60. The zero-order valence-corrected chi connectivity index (χ0v) is 12.8. The van der Waals surface area contributed by atoms with E-state index in [0.29, 0.717) is 6.61 Å². The van der Waals surface area contributed by atoms with Gasteiger partial charge < -0.3 is 10.5 Å². The Morgan fingerprint density at radius 1 is 1.21 bits per heavy atom. The smallest absolute Gasteiger partial charge is 0.130 e. The van der Waals surface area contributed by atoms with Crippen LogP contribution in [0.4, 0.5) is 4.39 Å². The molecule has 2 unspecified atom stereocenters. The van der Waals surface area contributed by atoms with Gasteiger partial charge in [-0.25, -0.2) is 4.39 Å². The van der Waals surface area contributed by atoms with Crippen molar-refractivity contribution < 1.29 is 9.13 Å². The van der Waals surface area contributed by atoms with E-state index in [4.69, 9.17) is 10.5 Å². The molecule has 3 heteroatoms. The van der Waals surface area contributed by atoms with Gasteiger partial charge in [0.25, 0.3) is 0 Å². The van der Waals surface area contributed by atoms with E-state index in [1.807, 2.05) is 20.8 Å². The molecular formula is C16H30FNO. The van der Waals surface area contributed by atoms with Crippen LogP contribution in [-0.2, 0) is 4.74 Å². The fourth-order valence-corrected chi connectivity index (χ4v) is 4.05. The number of hydrogen-bond donors (Lipinski definition) is 1. The molecular weight excluding hydrogens is 241 g/mol. The minimum Gasteiger partial charge on any atom is -0.375 e. The van der Waals surface area contributed by atoms with Crippen molar-refractivity contribution in [3.8, 4) is 0 Å². The van der Waals surface area contributed by atoms with Gasteiger partial charge in [0.05, 0.1) is 5.60 Å². The van der Waals surface area contributed by atoms with Crippen LogP contribution < -0.4 is 5.73 Å². The SMILES string of the molecule is CC(C)(C)C(F)(CN)C1CCOC2(CCCCC2)C1. The van der Waals surface area contributed by atoms with Gasteiger partial charge in [0.15, 0.2) is 0 Å². The summed E-state index contributed by atoms with van der Waals surface area (Å²) in [4.78, 5) is 0. The molecule has 0 amide bonds. The molecule has 0 bridgehead atoms. The van der Waals surface area contributed by atoms with Crippen LogP contribution in [0, 0.1) is 11.3 Å². The van der Waals surface area contributed by atoms with E-state index in [0.717, 1.165) is 25.7 Å². The Morgan fingerprint density at radius 3 is 2.37 bits per heavy atom. The lowest BCUT2D eigenvalue weighted by molar-refractivity contribution is -0.155. The Balaban J connectivity index is 2.16. The molecule has 2 N–H and O–H groups in total. The maximum Gasteiger partial charge on any atom is 0.130 e. The first-order valence-corrected chi connectivity index (χ1v) is 7.86. The third-order valence-electron chi connectivity index (χ3n) is 5.45. The lowest BCUT2D eigenvalue weighted by Crippen LogP contribution is -2.56. The Morgan fingerprint density at radius 2 is 1.84 bits per heavy atom. The average molecular weight is 271 g/mol. The van der Waals surface area contributed by atoms with Crippen molar-refractivity contribution in [2.75, 3.05) is 13.2 Å². The molecule has 0 aromatic carbocycles. The fourth-order valence-electron chi connectivity index (χ4n) is 4.05. The Hall–Kier alpha value is -0.150. The summed E-state index contributed by atoms with van der Waals surface area (Å²) in [6.07, 6.45) is 7.63. The highest BCUT2D eigenvalue weighted by Crippen LogP contribution is 2.49. The van der Waals surface area contributed by atoms with E-state index in [2.05, 4.69) is 0 Å². The number of nitrogens with two attached hydrogens (primary N) is 1. The van der Waals surface area contributed by atoms with Gasteiger partial charge in [0.2, 0.25) is 0 Å². The largest absolute Gasteiger partial charge is 0.375 e. The maximum absolute atomic E-state index is 15.5. The number of halogens is 1. The molecule has 112 valence electrons. The van der Waals surface area contributed by atoms with Crippen LogP contribution in [0.1, 0.15) is 65.7 Å². The third-order valence-corrected chi connectivity index (χ3v) is 5.45. The van der Waals surface area contributed by atoms with Crippen LogP contribution >= 0.6 is 0 Å². The van der Waals surface area contributed by atoms with Crippen molar-refractivity contribution in [2.45, 2.75) is 77.0 Å². The van der Waals surface area contributed by atoms with Crippen LogP contribution in [0.5, 0.6) is 0 Å². The first kappa shape index (κ1) is 15.2. The van der Waals surface area contributed by atoms with Crippen molar-refractivity contribution in [2.24, 2.45) is 17.1 Å². The van der Waals surface area contributed by atoms with Gasteiger partial charge in [-0.05, 0) is 37.0 Å². The fraction of sp³-hybridized carbons (Fsp3) is 1.00. The van der Waals surface area contributed by atoms with Crippen LogP contribution in [0.3, 0.4) is 0 Å². The number of ether oxygens (including phenoxy) is 1. The van der Waals surface area contributed by atoms with Crippen LogP contribution in [0.15, 0.2) is 0 Å². The quantitative estimate of drug-likeness (QED) is 0.828. The molecule has 1 aliphatic heterocycles. The highest BCUT2D eigenvalue weighted by Gasteiger charge is 2.52. The average Bonchev–Trinajstić information content (AvgIpc) is 2.37. The molecule has 2 aliphatic rings. The molecule has 2 fully saturated rings. The van der Waals surface area contributed by atoms with Crippen LogP contribution in [-0.4, -0.2) is 24.4 Å². The number of rotatable bonds is 2. The van der Waals surface area contributed by atoms with E-state index in [1.165, 1.54) is 19.3 Å². The molecule has 1 saturated carbocycles. The van der Waals surface area contributed by atoms with Crippen molar-refractivity contribution in [1.82, 2.24) is 0 Å². The van der Waals surface area contributed by atoms with Crippen LogP contribution in [0.2, 0.25) is 0 Å². The second-order valence-electron chi connectivity index (χ2n) is 7.60. The summed E-state index contributed by atoms with van der Waals surface area (Å²) < 4.78 is 21.6. The predicted molar refractivity (Wildman–Crippen MR) is 76.8 cm³/mol. The first-order valence-electron chi connectivity index (χ1n) is 7.86. The van der Waals surface area contributed by atoms with E-state index in [-0.39, 0.29) is 18.1 Å². The summed E-state index contributed by atoms with van der Waals surface area (Å²) >= 11 is 0. The lowest BCUT2D eigenvalue weighted by atomic mass is 9.64. The maximum atomic E-state index is 15.5. The van der Waals surface area contributed by atoms with Gasteiger partial charge in [0, 0.05) is 13.2 Å². The minimum atomic E-state index is -1.28. The Bertz CT molecular complexity index is 301. The topological polar surface area (TPSA) is 35.2 Å². The highest BCUT2D eigenvalue weighted by molar-refractivity contribution is 5.02. The molecule has 19 heavy (non-hydrogen) atoms. The molecule has 1 aliphatic carbocycles. The summed E-state index contributed by atoms with van der Waals surface area (Å²) in [5.41, 5.74) is 4.10. The molecule has 2 rings (SSSR count). The monoisotopic (exact) mass is 271 g/mol. The van der Waals surface area contributed by atoms with E-state index in [9.17, 15) is 0 Å². The molecule has 1 heterocycles. The lowest BCUT2D eigenvalue weighted by Gasteiger charge is -2.50. The Labute approximate surface area is 117 Å². The van der Waals surface area contributed by atoms with E-state index in [1.54, 1.807) is 0 Å². The molecule has 2 atom stereocenters. The first-order chi connectivity index (χ1) is 8.83. The van der Waals surface area contributed by atoms with Gasteiger partial charge in [-0.2, -0.15) is 0 Å². The molecule has 0 aromatic rings. The van der Waals surface area contributed by atoms with Gasteiger partial charge in [-0.1, -0.05) is 40.0 Å². The Kier molecular flexibility index (Phi) is 4.27. The molecule has 2 nitrogen and oxygen atoms in total. The van der Waals surface area contributed by atoms with E-state index < -0.39 is 11.1 Å². The van der Waals surface area contributed by atoms with Gasteiger partial charge in [-0.15, -0.1) is 0 Å². The summed E-state index contributed by atoms with van der Waals surface area (Å²) in [6, 6.07) is 0. The second kappa shape index (κ2) is 5.33. The summed E-state index contributed by atoms with van der Waals surface area (Å²) in [5.74, 6) is 0.0457. The molecule has 1 spiro atoms. The summed E-state index contributed by atoms with van der Waals surface area (Å²) in [7, 11) is 0. The standard InChI is InChI=1S/C16H30FNO/c1-14(2,3)16(17,12-18)13-7-10-19-15(11-13)8-5-4-6-9-15/h13H,4-12,18H2,1-3H3. The van der Waals surface area contributed by atoms with Crippen molar-refractivity contribution in [3.05, 3.63) is 0 Å². The van der Waals surface area contributed by atoms with Crippen LogP contribution in [0.25, 0.3) is 0 Å². The molecule has 0 radical (unpaired) electrons. The number of hydrogen-bond acceptors (Lipinski definition) is 2. The highest BCUT2D eigenvalue weighted by atomic mass is 19.1. The third kappa shape index (κ3) is 2.82. The molecule has 0 aromatic heterocycles. The van der Waals surface area contributed by atoms with Crippen molar-refractivity contribution in [1.29, 1.82) is 0 Å². The zero-order valence-electron chi connectivity index (χ0n) is 12.8. The number of alkyl halides is 1. The van der Waals surface area contributed by atoms with Gasteiger partial charge >= 0.3 is 0 Å². The van der Waals surface area contributed by atoms with Crippen molar-refractivity contribution >= 4 is 0 Å².